The molecule has 0 atom stereocenters. The highest BCUT2D eigenvalue weighted by molar-refractivity contribution is 9.10. The Bertz CT molecular complexity index is 830. The van der Waals surface area contributed by atoms with Crippen molar-refractivity contribution in [2.75, 3.05) is 13.7 Å². The van der Waals surface area contributed by atoms with Crippen LogP contribution in [0.5, 0.6) is 11.5 Å². The van der Waals surface area contributed by atoms with Gasteiger partial charge in [-0.2, -0.15) is 0 Å². The third kappa shape index (κ3) is 3.84. The SMILES string of the molecule is [2H]c1c(F)cc(Cc2cc(F)c(Br)c(OCC)c2)c(OC)c1C(N)=O. The van der Waals surface area contributed by atoms with E-state index in [1.807, 2.05) is 0 Å². The highest BCUT2D eigenvalue weighted by Crippen LogP contribution is 2.33. The van der Waals surface area contributed by atoms with Crippen LogP contribution in [0.15, 0.2) is 28.7 Å². The molecule has 0 aromatic heterocycles. The van der Waals surface area contributed by atoms with E-state index in [0.29, 0.717) is 17.9 Å². The number of nitrogens with two attached hydrogens (primary N) is 1. The molecule has 0 fully saturated rings. The first-order valence-corrected chi connectivity index (χ1v) is 7.85. The molecular weight excluding hydrogens is 384 g/mol. The lowest BCUT2D eigenvalue weighted by Gasteiger charge is -2.14. The molecule has 7 heteroatoms. The number of carbonyl (C=O) groups excluding carboxylic acids is 1. The highest BCUT2D eigenvalue weighted by atomic mass is 79.9. The summed E-state index contributed by atoms with van der Waals surface area (Å²) in [6, 6.07) is 3.31. The van der Waals surface area contributed by atoms with Crippen LogP contribution in [0, 0.1) is 11.6 Å². The van der Waals surface area contributed by atoms with Gasteiger partial charge in [-0.3, -0.25) is 4.79 Å². The molecule has 24 heavy (non-hydrogen) atoms. The van der Waals surface area contributed by atoms with Crippen LogP contribution >= 0.6 is 15.9 Å². The van der Waals surface area contributed by atoms with Gasteiger partial charge >= 0.3 is 0 Å². The Balaban J connectivity index is 2.56. The topological polar surface area (TPSA) is 61.6 Å². The summed E-state index contributed by atoms with van der Waals surface area (Å²) in [5.74, 6) is -2.11. The van der Waals surface area contributed by atoms with E-state index >= 15 is 0 Å². The number of primary amides is 1. The number of halogens is 3. The molecule has 0 saturated carbocycles. The zero-order valence-corrected chi connectivity index (χ0v) is 14.7. The van der Waals surface area contributed by atoms with Gasteiger partial charge in [-0.15, -0.1) is 0 Å². The van der Waals surface area contributed by atoms with E-state index in [-0.39, 0.29) is 27.8 Å². The number of carbonyl (C=O) groups is 1. The minimum absolute atomic E-state index is 0.000173. The van der Waals surface area contributed by atoms with E-state index < -0.39 is 23.6 Å². The molecule has 0 bridgehead atoms. The van der Waals surface area contributed by atoms with Gasteiger partial charge in [-0.1, -0.05) is 0 Å². The zero-order chi connectivity index (χ0) is 18.7. The predicted octanol–water partition coefficient (Wildman–Crippen LogP) is 3.82. The molecule has 0 aliphatic heterocycles. The van der Waals surface area contributed by atoms with Gasteiger partial charge in [-0.25, -0.2) is 8.78 Å². The summed E-state index contributed by atoms with van der Waals surface area (Å²) in [5.41, 5.74) is 5.64. The molecule has 0 spiro atoms. The van der Waals surface area contributed by atoms with E-state index in [9.17, 15) is 13.6 Å². The van der Waals surface area contributed by atoms with Gasteiger partial charge < -0.3 is 15.2 Å². The highest BCUT2D eigenvalue weighted by Gasteiger charge is 2.18. The van der Waals surface area contributed by atoms with Crippen molar-refractivity contribution in [3.63, 3.8) is 0 Å². The predicted molar refractivity (Wildman–Crippen MR) is 89.5 cm³/mol. The number of methoxy groups -OCH3 is 1. The number of ether oxygens (including phenoxy) is 2. The van der Waals surface area contributed by atoms with E-state index in [1.54, 1.807) is 13.0 Å². The van der Waals surface area contributed by atoms with E-state index in [4.69, 9.17) is 16.6 Å². The minimum Gasteiger partial charge on any atom is -0.496 e. The summed E-state index contributed by atoms with van der Waals surface area (Å²) in [4.78, 5) is 11.6. The molecule has 128 valence electrons. The van der Waals surface area contributed by atoms with Gasteiger partial charge in [0.15, 0.2) is 0 Å². The van der Waals surface area contributed by atoms with Crippen molar-refractivity contribution in [1.82, 2.24) is 0 Å². The lowest BCUT2D eigenvalue weighted by Crippen LogP contribution is -2.14. The maximum atomic E-state index is 14.1. The minimum atomic E-state index is -0.973. The van der Waals surface area contributed by atoms with Crippen LogP contribution in [-0.4, -0.2) is 19.6 Å². The average molecular weight is 401 g/mol. The lowest BCUT2D eigenvalue weighted by atomic mass is 10.00. The summed E-state index contributed by atoms with van der Waals surface area (Å²) in [5, 5.41) is 0. The van der Waals surface area contributed by atoms with Crippen molar-refractivity contribution in [2.24, 2.45) is 5.73 Å². The van der Waals surface area contributed by atoms with Crippen LogP contribution in [0.25, 0.3) is 0 Å². The Kier molecular flexibility index (Phi) is 5.30. The fourth-order valence-electron chi connectivity index (χ4n) is 2.33. The normalized spacial score (nSPS) is 11.1. The molecule has 2 aromatic carbocycles. The van der Waals surface area contributed by atoms with Crippen LogP contribution in [0.1, 0.15) is 29.8 Å². The van der Waals surface area contributed by atoms with E-state index in [2.05, 4.69) is 15.9 Å². The standard InChI is InChI=1S/C17H16BrF2NO3/c1-3-24-14-6-9(5-13(20)15(14)18)4-10-7-11(19)8-12(17(21)22)16(10)23-2/h5-8H,3-4H2,1-2H3,(H2,21,22)/i8D. The van der Waals surface area contributed by atoms with Gasteiger partial charge in [0.1, 0.15) is 23.1 Å². The Morgan fingerprint density at radius 2 is 2.08 bits per heavy atom. The second-order valence-corrected chi connectivity index (χ2v) is 5.71. The molecule has 0 radical (unpaired) electrons. The molecule has 1 amide bonds. The first-order chi connectivity index (χ1) is 11.8. The Morgan fingerprint density at radius 1 is 1.38 bits per heavy atom. The summed E-state index contributed by atoms with van der Waals surface area (Å²) in [7, 11) is 1.29. The maximum absolute atomic E-state index is 14.1. The van der Waals surface area contributed by atoms with E-state index in [0.717, 1.165) is 6.07 Å². The number of hydrogen-bond acceptors (Lipinski definition) is 3. The molecular formula is C17H16BrF2NO3. The molecule has 0 unspecified atom stereocenters. The van der Waals surface area contributed by atoms with Crippen molar-refractivity contribution in [3.8, 4) is 11.5 Å². The summed E-state index contributed by atoms with van der Waals surface area (Å²) >= 11 is 3.11. The first-order valence-electron chi connectivity index (χ1n) is 7.56. The second-order valence-electron chi connectivity index (χ2n) is 4.91. The Hall–Kier alpha value is -2.15. The molecule has 2 N–H and O–H groups in total. The lowest BCUT2D eigenvalue weighted by molar-refractivity contribution is 0.0996. The third-order valence-corrected chi connectivity index (χ3v) is 4.03. The number of amides is 1. The molecule has 0 aliphatic rings. The first kappa shape index (κ1) is 16.7. The second kappa shape index (κ2) is 7.61. The van der Waals surface area contributed by atoms with E-state index in [1.165, 1.54) is 13.2 Å². The average Bonchev–Trinajstić information content (AvgIpc) is 2.54. The summed E-state index contributed by atoms with van der Waals surface area (Å²) in [6.07, 6.45) is 0.0604. The molecule has 2 rings (SSSR count). The Morgan fingerprint density at radius 3 is 2.67 bits per heavy atom. The van der Waals surface area contributed by atoms with Crippen LogP contribution in [-0.2, 0) is 6.42 Å². The fraction of sp³-hybridized carbons (Fsp3) is 0.235. The van der Waals surface area contributed by atoms with Crippen molar-refractivity contribution >= 4 is 21.8 Å². The fourth-order valence-corrected chi connectivity index (χ4v) is 2.67. The number of benzene rings is 2. The Labute approximate surface area is 148 Å². The van der Waals surface area contributed by atoms with Crippen LogP contribution < -0.4 is 15.2 Å². The van der Waals surface area contributed by atoms with Crippen LogP contribution in [0.4, 0.5) is 8.78 Å². The van der Waals surface area contributed by atoms with Crippen molar-refractivity contribution in [3.05, 3.63) is 57.0 Å². The number of rotatable bonds is 6. The van der Waals surface area contributed by atoms with Crippen LogP contribution in [0.3, 0.4) is 0 Å². The largest absolute Gasteiger partial charge is 0.496 e. The zero-order valence-electron chi connectivity index (χ0n) is 14.1. The van der Waals surface area contributed by atoms with Crippen molar-refractivity contribution in [2.45, 2.75) is 13.3 Å². The molecule has 0 aliphatic carbocycles. The third-order valence-electron chi connectivity index (χ3n) is 3.26. The van der Waals surface area contributed by atoms with Crippen LogP contribution in [0.2, 0.25) is 0 Å². The van der Waals surface area contributed by atoms with Gasteiger partial charge in [0.2, 0.25) is 0 Å². The molecule has 4 nitrogen and oxygen atoms in total. The molecule has 0 saturated heterocycles. The van der Waals surface area contributed by atoms with Gasteiger partial charge in [-0.05, 0) is 52.7 Å². The quantitative estimate of drug-likeness (QED) is 0.801. The summed E-state index contributed by atoms with van der Waals surface area (Å²) in [6.45, 7) is 2.11. The van der Waals surface area contributed by atoms with Gasteiger partial charge in [0, 0.05) is 12.0 Å². The van der Waals surface area contributed by atoms with Crippen molar-refractivity contribution in [1.29, 1.82) is 0 Å². The number of hydrogen-bond donors (Lipinski definition) is 1. The summed E-state index contributed by atoms with van der Waals surface area (Å²) < 4.78 is 46.4. The molecule has 2 aromatic rings. The van der Waals surface area contributed by atoms with Gasteiger partial charge in [0.05, 0.1) is 25.1 Å². The monoisotopic (exact) mass is 400 g/mol. The van der Waals surface area contributed by atoms with Gasteiger partial charge in [0.25, 0.3) is 5.91 Å². The van der Waals surface area contributed by atoms with Crippen molar-refractivity contribution < 1.29 is 24.4 Å². The smallest absolute Gasteiger partial charge is 0.252 e. The maximum Gasteiger partial charge on any atom is 0.252 e. The molecule has 0 heterocycles.